The maximum absolute atomic E-state index is 12.6. The Balaban J connectivity index is 2.20. The van der Waals surface area contributed by atoms with Crippen LogP contribution in [0.5, 0.6) is 0 Å². The molecule has 7 nitrogen and oxygen atoms in total. The van der Waals surface area contributed by atoms with E-state index in [9.17, 15) is 18.0 Å². The van der Waals surface area contributed by atoms with Gasteiger partial charge in [-0.25, -0.2) is 13.1 Å². The molecule has 0 saturated heterocycles. The summed E-state index contributed by atoms with van der Waals surface area (Å²) in [5.41, 5.74) is 1.45. The Kier molecular flexibility index (Phi) is 5.86. The van der Waals surface area contributed by atoms with Gasteiger partial charge in [-0.3, -0.25) is 9.59 Å². The number of benzene rings is 1. The van der Waals surface area contributed by atoms with E-state index in [0.29, 0.717) is 5.56 Å². The average molecular weight is 378 g/mol. The number of carbonyl (C=O) groups is 2. The molecule has 2 rings (SSSR count). The third-order valence-corrected chi connectivity index (χ3v) is 5.34. The second-order valence-corrected chi connectivity index (χ2v) is 8.06. The zero-order valence-electron chi connectivity index (χ0n) is 15.1. The molecule has 140 valence electrons. The van der Waals surface area contributed by atoms with Gasteiger partial charge in [-0.05, 0) is 43.5 Å². The maximum Gasteiger partial charge on any atom is 0.287 e. The van der Waals surface area contributed by atoms with Gasteiger partial charge in [0.25, 0.3) is 21.8 Å². The average Bonchev–Trinajstić information content (AvgIpc) is 3.05. The summed E-state index contributed by atoms with van der Waals surface area (Å²) in [5, 5.41) is 2.51. The van der Waals surface area contributed by atoms with Gasteiger partial charge in [0.15, 0.2) is 5.76 Å². The molecule has 1 aromatic heterocycles. The number of carbonyl (C=O) groups excluding carboxylic acids is 2. The van der Waals surface area contributed by atoms with Gasteiger partial charge < -0.3 is 9.73 Å². The van der Waals surface area contributed by atoms with E-state index < -0.39 is 27.9 Å². The van der Waals surface area contributed by atoms with E-state index in [-0.39, 0.29) is 16.6 Å². The van der Waals surface area contributed by atoms with Crippen molar-refractivity contribution in [1.82, 2.24) is 10.0 Å². The van der Waals surface area contributed by atoms with Crippen LogP contribution in [0.3, 0.4) is 0 Å². The fourth-order valence-electron chi connectivity index (χ4n) is 2.51. The first-order chi connectivity index (χ1) is 12.1. The van der Waals surface area contributed by atoms with Crippen LogP contribution >= 0.6 is 0 Å². The molecular weight excluding hydrogens is 356 g/mol. The van der Waals surface area contributed by atoms with Crippen LogP contribution in [0.4, 0.5) is 0 Å². The molecule has 1 aromatic carbocycles. The van der Waals surface area contributed by atoms with Crippen LogP contribution in [-0.2, 0) is 14.8 Å². The highest BCUT2D eigenvalue weighted by Crippen LogP contribution is 2.17. The second-order valence-electron chi connectivity index (χ2n) is 6.41. The Morgan fingerprint density at radius 3 is 2.35 bits per heavy atom. The number of sulfonamides is 1. The van der Waals surface area contributed by atoms with Gasteiger partial charge in [-0.15, -0.1) is 0 Å². The normalized spacial score (nSPS) is 12.7. The van der Waals surface area contributed by atoms with Gasteiger partial charge in [0, 0.05) is 0 Å². The number of nitrogens with one attached hydrogen (secondary N) is 2. The van der Waals surface area contributed by atoms with E-state index in [2.05, 4.69) is 10.0 Å². The van der Waals surface area contributed by atoms with Gasteiger partial charge in [0.05, 0.1) is 11.2 Å². The summed E-state index contributed by atoms with van der Waals surface area (Å²) >= 11 is 0. The van der Waals surface area contributed by atoms with Crippen molar-refractivity contribution >= 4 is 21.8 Å². The maximum atomic E-state index is 12.6. The quantitative estimate of drug-likeness (QED) is 0.801. The first-order valence-electron chi connectivity index (χ1n) is 8.10. The minimum atomic E-state index is -4.05. The molecule has 0 aliphatic heterocycles. The summed E-state index contributed by atoms with van der Waals surface area (Å²) in [6, 6.07) is 6.79. The summed E-state index contributed by atoms with van der Waals surface area (Å²) in [4.78, 5) is 24.7. The van der Waals surface area contributed by atoms with Gasteiger partial charge in [-0.1, -0.05) is 31.5 Å². The second kappa shape index (κ2) is 7.74. The molecule has 0 spiro atoms. The summed E-state index contributed by atoms with van der Waals surface area (Å²) in [6.45, 7) is 6.92. The van der Waals surface area contributed by atoms with E-state index in [1.807, 2.05) is 6.92 Å². The summed E-state index contributed by atoms with van der Waals surface area (Å²) in [6.07, 6.45) is 1.34. The molecule has 1 unspecified atom stereocenters. The number of amides is 2. The van der Waals surface area contributed by atoms with Crippen molar-refractivity contribution in [2.24, 2.45) is 5.92 Å². The van der Waals surface area contributed by atoms with Crippen LogP contribution < -0.4 is 10.0 Å². The standard InChI is InChI=1S/C18H22N2O5S/c1-11(2)16(19-17(21)14-6-5-9-25-14)18(22)20-26(23,24)15-8-7-12(3)10-13(15)4/h5-11,16H,1-4H3,(H,19,21)(H,20,22). The molecule has 1 heterocycles. The van der Waals surface area contributed by atoms with Crippen molar-refractivity contribution in [3.05, 3.63) is 53.5 Å². The molecule has 2 aromatic rings. The Hall–Kier alpha value is -2.61. The van der Waals surface area contributed by atoms with Gasteiger partial charge in [-0.2, -0.15) is 0 Å². The lowest BCUT2D eigenvalue weighted by molar-refractivity contribution is -0.122. The van der Waals surface area contributed by atoms with E-state index in [4.69, 9.17) is 4.42 Å². The Morgan fingerprint density at radius 1 is 1.12 bits per heavy atom. The Morgan fingerprint density at radius 2 is 1.81 bits per heavy atom. The van der Waals surface area contributed by atoms with Crippen molar-refractivity contribution in [3.63, 3.8) is 0 Å². The molecule has 0 saturated carbocycles. The Labute approximate surface area is 152 Å². The van der Waals surface area contributed by atoms with Gasteiger partial charge in [0.2, 0.25) is 0 Å². The van der Waals surface area contributed by atoms with Gasteiger partial charge >= 0.3 is 0 Å². The number of furan rings is 1. The molecule has 2 amide bonds. The third-order valence-electron chi connectivity index (χ3n) is 3.84. The lowest BCUT2D eigenvalue weighted by Gasteiger charge is -2.21. The number of hydrogen-bond acceptors (Lipinski definition) is 5. The van der Waals surface area contributed by atoms with Crippen molar-refractivity contribution in [2.45, 2.75) is 38.6 Å². The largest absolute Gasteiger partial charge is 0.459 e. The smallest absolute Gasteiger partial charge is 0.287 e. The third kappa shape index (κ3) is 4.51. The highest BCUT2D eigenvalue weighted by atomic mass is 32.2. The molecule has 0 bridgehead atoms. The lowest BCUT2D eigenvalue weighted by Crippen LogP contribution is -2.51. The zero-order chi connectivity index (χ0) is 19.5. The molecule has 0 aliphatic rings. The van der Waals surface area contributed by atoms with Crippen molar-refractivity contribution in [1.29, 1.82) is 0 Å². The minimum Gasteiger partial charge on any atom is -0.459 e. The molecule has 8 heteroatoms. The summed E-state index contributed by atoms with van der Waals surface area (Å²) < 4.78 is 32.1. The van der Waals surface area contributed by atoms with E-state index in [0.717, 1.165) is 5.56 Å². The van der Waals surface area contributed by atoms with Crippen LogP contribution in [0.2, 0.25) is 0 Å². The molecular formula is C18H22N2O5S. The van der Waals surface area contributed by atoms with Crippen molar-refractivity contribution < 1.29 is 22.4 Å². The predicted octanol–water partition coefficient (Wildman–Crippen LogP) is 2.16. The van der Waals surface area contributed by atoms with Gasteiger partial charge in [0.1, 0.15) is 6.04 Å². The van der Waals surface area contributed by atoms with Crippen LogP contribution in [0, 0.1) is 19.8 Å². The minimum absolute atomic E-state index is 0.0244. The predicted molar refractivity (Wildman–Crippen MR) is 96.0 cm³/mol. The number of rotatable bonds is 6. The first-order valence-corrected chi connectivity index (χ1v) is 9.58. The van der Waals surface area contributed by atoms with Crippen LogP contribution in [0.1, 0.15) is 35.5 Å². The fraction of sp³-hybridized carbons (Fsp3) is 0.333. The van der Waals surface area contributed by atoms with E-state index in [1.165, 1.54) is 18.4 Å². The van der Waals surface area contributed by atoms with Crippen LogP contribution in [-0.4, -0.2) is 26.3 Å². The fourth-order valence-corrected chi connectivity index (χ4v) is 3.74. The molecule has 26 heavy (non-hydrogen) atoms. The number of hydrogen-bond donors (Lipinski definition) is 2. The van der Waals surface area contributed by atoms with Crippen LogP contribution in [0.25, 0.3) is 0 Å². The van der Waals surface area contributed by atoms with Crippen molar-refractivity contribution in [2.75, 3.05) is 0 Å². The van der Waals surface area contributed by atoms with E-state index >= 15 is 0 Å². The lowest BCUT2D eigenvalue weighted by atomic mass is 10.0. The molecule has 0 radical (unpaired) electrons. The molecule has 0 aliphatic carbocycles. The highest BCUT2D eigenvalue weighted by molar-refractivity contribution is 7.90. The molecule has 1 atom stereocenters. The van der Waals surface area contributed by atoms with Crippen LogP contribution in [0.15, 0.2) is 45.9 Å². The Bertz CT molecular complexity index is 902. The van der Waals surface area contributed by atoms with E-state index in [1.54, 1.807) is 39.0 Å². The topological polar surface area (TPSA) is 105 Å². The first kappa shape index (κ1) is 19.7. The molecule has 0 fully saturated rings. The molecule has 2 N–H and O–H groups in total. The summed E-state index contributed by atoms with van der Waals surface area (Å²) in [7, 11) is -4.05. The summed E-state index contributed by atoms with van der Waals surface area (Å²) in [5.74, 6) is -1.68. The number of aryl methyl sites for hydroxylation is 2. The SMILES string of the molecule is Cc1ccc(S(=O)(=O)NC(=O)C(NC(=O)c2ccco2)C(C)C)c(C)c1. The monoisotopic (exact) mass is 378 g/mol. The zero-order valence-corrected chi connectivity index (χ0v) is 15.9. The van der Waals surface area contributed by atoms with Crippen molar-refractivity contribution in [3.8, 4) is 0 Å². The highest BCUT2D eigenvalue weighted by Gasteiger charge is 2.29.